The van der Waals surface area contributed by atoms with Crippen molar-refractivity contribution in [2.24, 2.45) is 11.7 Å². The van der Waals surface area contributed by atoms with Crippen LogP contribution in [-0.4, -0.2) is 28.6 Å². The van der Waals surface area contributed by atoms with E-state index in [0.717, 1.165) is 25.7 Å². The van der Waals surface area contributed by atoms with E-state index in [9.17, 15) is 14.7 Å². The van der Waals surface area contributed by atoms with Gasteiger partial charge in [0.2, 0.25) is 5.91 Å². The molecule has 0 aromatic carbocycles. The number of nitrogens with two attached hydrogens (primary N) is 1. The number of hydrogen-bond donors (Lipinski definition) is 3. The Morgan fingerprint density at radius 1 is 1.19 bits per heavy atom. The molecule has 16 heavy (non-hydrogen) atoms. The maximum Gasteiger partial charge on any atom is 0.252 e. The summed E-state index contributed by atoms with van der Waals surface area (Å²) in [5, 5.41) is 12.4. The lowest BCUT2D eigenvalue weighted by molar-refractivity contribution is -0.132. The minimum atomic E-state index is -1.10. The van der Waals surface area contributed by atoms with Crippen molar-refractivity contribution < 1.29 is 14.7 Å². The van der Waals surface area contributed by atoms with E-state index >= 15 is 0 Å². The molecule has 0 radical (unpaired) electrons. The summed E-state index contributed by atoms with van der Waals surface area (Å²) in [5.74, 6) is -0.544. The second kappa shape index (κ2) is 4.05. The van der Waals surface area contributed by atoms with E-state index in [4.69, 9.17) is 5.73 Å². The number of aliphatic hydroxyl groups is 1. The number of hydrogen-bond acceptors (Lipinski definition) is 3. The fraction of sp³-hybridized carbons (Fsp3) is 0.818. The molecule has 0 saturated heterocycles. The predicted molar refractivity (Wildman–Crippen MR) is 57.3 cm³/mol. The third-order valence-corrected chi connectivity index (χ3v) is 3.61. The monoisotopic (exact) mass is 226 g/mol. The first kappa shape index (κ1) is 11.4. The molecular formula is C11H18N2O3. The Kier molecular flexibility index (Phi) is 2.88. The van der Waals surface area contributed by atoms with Crippen LogP contribution in [0.15, 0.2) is 0 Å². The Labute approximate surface area is 94.4 Å². The van der Waals surface area contributed by atoms with Crippen LogP contribution < -0.4 is 11.1 Å². The highest BCUT2D eigenvalue weighted by Crippen LogP contribution is 2.35. The molecule has 0 bridgehead atoms. The molecule has 5 heteroatoms. The lowest BCUT2D eigenvalue weighted by Crippen LogP contribution is -2.45. The van der Waals surface area contributed by atoms with Crippen molar-refractivity contribution in [2.45, 2.75) is 50.2 Å². The first-order valence-corrected chi connectivity index (χ1v) is 5.84. The van der Waals surface area contributed by atoms with Crippen LogP contribution >= 0.6 is 0 Å². The molecule has 0 aromatic heterocycles. The van der Waals surface area contributed by atoms with Gasteiger partial charge in [0.15, 0.2) is 0 Å². The summed E-state index contributed by atoms with van der Waals surface area (Å²) < 4.78 is 0. The van der Waals surface area contributed by atoms with Crippen LogP contribution in [0.25, 0.3) is 0 Å². The molecule has 2 amide bonds. The maximum absolute atomic E-state index is 11.6. The quantitative estimate of drug-likeness (QED) is 0.615. The summed E-state index contributed by atoms with van der Waals surface area (Å²) in [5.41, 5.74) is 4.13. The van der Waals surface area contributed by atoms with Gasteiger partial charge in [0.1, 0.15) is 5.60 Å². The molecular weight excluding hydrogens is 208 g/mol. The van der Waals surface area contributed by atoms with Gasteiger partial charge < -0.3 is 16.2 Å². The summed E-state index contributed by atoms with van der Waals surface area (Å²) >= 11 is 0. The van der Waals surface area contributed by atoms with Crippen LogP contribution in [0.2, 0.25) is 0 Å². The van der Waals surface area contributed by atoms with Gasteiger partial charge >= 0.3 is 0 Å². The number of nitrogens with one attached hydrogen (secondary N) is 1. The standard InChI is InChI=1S/C11H18N2O3/c12-9(14)7-1-3-8(4-2-7)13-10(15)11(16)5-6-11/h7-8,16H,1-6H2,(H2,12,14)(H,13,15). The van der Waals surface area contributed by atoms with E-state index in [1.165, 1.54) is 0 Å². The van der Waals surface area contributed by atoms with Crippen LogP contribution in [0.4, 0.5) is 0 Å². The van der Waals surface area contributed by atoms with Gasteiger partial charge in [0.05, 0.1) is 0 Å². The Bertz CT molecular complexity index is 304. The van der Waals surface area contributed by atoms with Crippen molar-refractivity contribution in [3.05, 3.63) is 0 Å². The zero-order chi connectivity index (χ0) is 11.8. The summed E-state index contributed by atoms with van der Waals surface area (Å²) in [6, 6.07) is 0.0905. The molecule has 0 aliphatic heterocycles. The second-order valence-electron chi connectivity index (χ2n) is 4.96. The average Bonchev–Trinajstić information content (AvgIpc) is 2.99. The Hall–Kier alpha value is -1.10. The van der Waals surface area contributed by atoms with Gasteiger partial charge in [-0.15, -0.1) is 0 Å². The number of rotatable bonds is 3. The Morgan fingerprint density at radius 3 is 2.19 bits per heavy atom. The van der Waals surface area contributed by atoms with E-state index in [0.29, 0.717) is 12.8 Å². The number of carbonyl (C=O) groups excluding carboxylic acids is 2. The minimum absolute atomic E-state index is 0.0443. The summed E-state index contributed by atoms with van der Waals surface area (Å²) in [6.07, 6.45) is 4.15. The van der Waals surface area contributed by atoms with Crippen LogP contribution in [0.5, 0.6) is 0 Å². The second-order valence-corrected chi connectivity index (χ2v) is 4.96. The van der Waals surface area contributed by atoms with E-state index in [1.54, 1.807) is 0 Å². The third kappa shape index (κ3) is 2.35. The molecule has 2 aliphatic rings. The van der Waals surface area contributed by atoms with Gasteiger partial charge in [-0.25, -0.2) is 0 Å². The number of carbonyl (C=O) groups is 2. The largest absolute Gasteiger partial charge is 0.380 e. The topological polar surface area (TPSA) is 92.4 Å². The van der Waals surface area contributed by atoms with Gasteiger partial charge in [-0.1, -0.05) is 0 Å². The van der Waals surface area contributed by atoms with Crippen LogP contribution in [0.3, 0.4) is 0 Å². The zero-order valence-corrected chi connectivity index (χ0v) is 9.24. The summed E-state index contributed by atoms with van der Waals surface area (Å²) in [7, 11) is 0. The van der Waals surface area contributed by atoms with Crippen LogP contribution in [0, 0.1) is 5.92 Å². The Morgan fingerprint density at radius 2 is 1.75 bits per heavy atom. The first-order valence-electron chi connectivity index (χ1n) is 5.84. The molecule has 2 aliphatic carbocycles. The van der Waals surface area contributed by atoms with Gasteiger partial charge in [0.25, 0.3) is 5.91 Å². The SMILES string of the molecule is NC(=O)C1CCC(NC(=O)C2(O)CC2)CC1. The van der Waals surface area contributed by atoms with Crippen molar-refractivity contribution in [3.8, 4) is 0 Å². The van der Waals surface area contributed by atoms with Crippen molar-refractivity contribution in [1.82, 2.24) is 5.32 Å². The van der Waals surface area contributed by atoms with E-state index in [1.807, 2.05) is 0 Å². The fourth-order valence-corrected chi connectivity index (χ4v) is 2.19. The van der Waals surface area contributed by atoms with Crippen molar-refractivity contribution in [1.29, 1.82) is 0 Å². The lowest BCUT2D eigenvalue weighted by atomic mass is 9.85. The van der Waals surface area contributed by atoms with Gasteiger partial charge in [0, 0.05) is 12.0 Å². The normalized spacial score (nSPS) is 31.8. The molecule has 2 rings (SSSR count). The Balaban J connectivity index is 1.77. The highest BCUT2D eigenvalue weighted by Gasteiger charge is 2.48. The molecule has 0 unspecified atom stereocenters. The first-order chi connectivity index (χ1) is 7.51. The zero-order valence-electron chi connectivity index (χ0n) is 9.24. The van der Waals surface area contributed by atoms with Crippen LogP contribution in [0.1, 0.15) is 38.5 Å². The van der Waals surface area contributed by atoms with E-state index in [2.05, 4.69) is 5.32 Å². The molecule has 0 aromatic rings. The van der Waals surface area contributed by atoms with Crippen LogP contribution in [-0.2, 0) is 9.59 Å². The molecule has 0 atom stereocenters. The molecule has 2 fully saturated rings. The molecule has 2 saturated carbocycles. The smallest absolute Gasteiger partial charge is 0.252 e. The molecule has 0 heterocycles. The van der Waals surface area contributed by atoms with Crippen molar-refractivity contribution in [3.63, 3.8) is 0 Å². The van der Waals surface area contributed by atoms with Crippen molar-refractivity contribution in [2.75, 3.05) is 0 Å². The lowest BCUT2D eigenvalue weighted by Gasteiger charge is -2.28. The molecule has 5 nitrogen and oxygen atoms in total. The highest BCUT2D eigenvalue weighted by atomic mass is 16.3. The van der Waals surface area contributed by atoms with E-state index in [-0.39, 0.29) is 23.8 Å². The molecule has 4 N–H and O–H groups in total. The predicted octanol–water partition coefficient (Wildman–Crippen LogP) is -0.328. The number of primary amides is 1. The molecule has 0 spiro atoms. The highest BCUT2D eigenvalue weighted by molar-refractivity contribution is 5.88. The maximum atomic E-state index is 11.6. The van der Waals surface area contributed by atoms with Gasteiger partial charge in [-0.2, -0.15) is 0 Å². The summed E-state index contributed by atoms with van der Waals surface area (Å²) in [4.78, 5) is 22.5. The number of amides is 2. The minimum Gasteiger partial charge on any atom is -0.380 e. The van der Waals surface area contributed by atoms with Gasteiger partial charge in [-0.3, -0.25) is 9.59 Å². The fourth-order valence-electron chi connectivity index (χ4n) is 2.19. The average molecular weight is 226 g/mol. The summed E-state index contributed by atoms with van der Waals surface area (Å²) in [6.45, 7) is 0. The third-order valence-electron chi connectivity index (χ3n) is 3.61. The molecule has 90 valence electrons. The van der Waals surface area contributed by atoms with Gasteiger partial charge in [-0.05, 0) is 38.5 Å². The van der Waals surface area contributed by atoms with Crippen molar-refractivity contribution >= 4 is 11.8 Å². The van der Waals surface area contributed by atoms with E-state index < -0.39 is 5.60 Å².